The highest BCUT2D eigenvalue weighted by Gasteiger charge is 2.19. The van der Waals surface area contributed by atoms with Crippen molar-refractivity contribution in [3.05, 3.63) is 75.8 Å². The van der Waals surface area contributed by atoms with Crippen LogP contribution in [0.4, 0.5) is 0 Å². The molecule has 0 fully saturated rings. The van der Waals surface area contributed by atoms with Gasteiger partial charge in [0.2, 0.25) is 0 Å². The van der Waals surface area contributed by atoms with Crippen molar-refractivity contribution in [3.63, 3.8) is 0 Å². The predicted octanol–water partition coefficient (Wildman–Crippen LogP) is 2.01. The molecular weight excluding hydrogens is 286 g/mol. The zero-order valence-electron chi connectivity index (χ0n) is 13.8. The van der Waals surface area contributed by atoms with Crippen LogP contribution in [0.2, 0.25) is 0 Å². The molecule has 4 heteroatoms. The van der Waals surface area contributed by atoms with Crippen LogP contribution < -0.4 is 10.5 Å². The van der Waals surface area contributed by atoms with Gasteiger partial charge in [0.05, 0.1) is 18.0 Å². The summed E-state index contributed by atoms with van der Waals surface area (Å²) in [7, 11) is 2.13. The van der Waals surface area contributed by atoms with Crippen molar-refractivity contribution in [2.24, 2.45) is 0 Å². The summed E-state index contributed by atoms with van der Waals surface area (Å²) in [6, 6.07) is 16.0. The molecule has 2 atom stereocenters. The normalized spacial score (nSPS) is 13.9. The number of aromatic amines is 1. The van der Waals surface area contributed by atoms with Gasteiger partial charge in [0.1, 0.15) is 12.6 Å². The molecule has 0 bridgehead atoms. The molecule has 3 rings (SSSR count). The summed E-state index contributed by atoms with van der Waals surface area (Å²) in [6.07, 6.45) is 0. The number of hydrogen-bond donors (Lipinski definition) is 2. The van der Waals surface area contributed by atoms with Gasteiger partial charge in [0.25, 0.3) is 5.56 Å². The minimum Gasteiger partial charge on any atom is -0.325 e. The minimum atomic E-state index is -0.0684. The Balaban J connectivity index is 1.89. The average Bonchev–Trinajstić information content (AvgIpc) is 2.56. The van der Waals surface area contributed by atoms with Crippen LogP contribution in [0.1, 0.15) is 29.9 Å². The summed E-state index contributed by atoms with van der Waals surface area (Å²) in [5, 5.41) is 0.639. The van der Waals surface area contributed by atoms with E-state index in [0.717, 1.165) is 17.9 Å². The largest absolute Gasteiger partial charge is 0.325 e. The fraction of sp³-hybridized carbons (Fsp3) is 0.263. The molecule has 0 aliphatic rings. The summed E-state index contributed by atoms with van der Waals surface area (Å²) in [5.41, 5.74) is 3.29. The van der Waals surface area contributed by atoms with Crippen LogP contribution in [-0.4, -0.2) is 17.0 Å². The lowest BCUT2D eigenvalue weighted by Gasteiger charge is -2.22. The Morgan fingerprint density at radius 2 is 1.83 bits per heavy atom. The molecule has 1 aromatic heterocycles. The van der Waals surface area contributed by atoms with Gasteiger partial charge in [-0.3, -0.25) is 4.79 Å². The van der Waals surface area contributed by atoms with Crippen LogP contribution in [-0.2, 0) is 6.54 Å². The number of quaternary nitrogens is 1. The third-order valence-electron chi connectivity index (χ3n) is 4.51. The molecule has 2 aromatic carbocycles. The molecule has 1 unspecified atom stereocenters. The van der Waals surface area contributed by atoms with Gasteiger partial charge in [-0.25, -0.2) is 4.98 Å². The van der Waals surface area contributed by atoms with Crippen LogP contribution in [0.15, 0.2) is 53.3 Å². The third-order valence-corrected chi connectivity index (χ3v) is 4.51. The summed E-state index contributed by atoms with van der Waals surface area (Å²) < 4.78 is 0. The zero-order valence-corrected chi connectivity index (χ0v) is 13.8. The van der Waals surface area contributed by atoms with Crippen molar-refractivity contribution in [3.8, 4) is 0 Å². The lowest BCUT2D eigenvalue weighted by atomic mass is 10.1. The second-order valence-electron chi connectivity index (χ2n) is 6.14. The third kappa shape index (κ3) is 3.17. The number of para-hydroxylation sites is 1. The first-order valence-electron chi connectivity index (χ1n) is 7.92. The van der Waals surface area contributed by atoms with Gasteiger partial charge in [-0.15, -0.1) is 0 Å². The molecule has 0 saturated carbocycles. The van der Waals surface area contributed by atoms with Gasteiger partial charge in [-0.05, 0) is 31.5 Å². The first kappa shape index (κ1) is 15.4. The Hall–Kier alpha value is -2.46. The van der Waals surface area contributed by atoms with Crippen LogP contribution in [0.25, 0.3) is 10.9 Å². The molecule has 0 saturated heterocycles. The Kier molecular flexibility index (Phi) is 4.26. The van der Waals surface area contributed by atoms with Crippen LogP contribution in [0, 0.1) is 6.92 Å². The molecule has 118 valence electrons. The molecule has 0 radical (unpaired) electrons. The van der Waals surface area contributed by atoms with Crippen molar-refractivity contribution in [1.82, 2.24) is 9.97 Å². The number of hydrogen-bond acceptors (Lipinski definition) is 2. The van der Waals surface area contributed by atoms with E-state index in [1.54, 1.807) is 6.07 Å². The fourth-order valence-electron chi connectivity index (χ4n) is 2.80. The SMILES string of the molecule is Cc1ccccc1C[NH+](C)[C@@H](C)c1nc2ccccc2c(=O)[nH]1. The summed E-state index contributed by atoms with van der Waals surface area (Å²) in [5.74, 6) is 0.736. The van der Waals surface area contributed by atoms with Crippen molar-refractivity contribution < 1.29 is 4.90 Å². The number of nitrogens with zero attached hydrogens (tertiary/aromatic N) is 1. The molecule has 23 heavy (non-hydrogen) atoms. The van der Waals surface area contributed by atoms with Gasteiger partial charge < -0.3 is 9.88 Å². The Morgan fingerprint density at radius 3 is 2.61 bits per heavy atom. The van der Waals surface area contributed by atoms with Crippen LogP contribution in [0.5, 0.6) is 0 Å². The van der Waals surface area contributed by atoms with E-state index in [0.29, 0.717) is 5.39 Å². The van der Waals surface area contributed by atoms with Gasteiger partial charge in [0.15, 0.2) is 5.82 Å². The molecular formula is C19H22N3O+. The van der Waals surface area contributed by atoms with Crippen molar-refractivity contribution in [2.75, 3.05) is 7.05 Å². The molecule has 1 heterocycles. The molecule has 0 aliphatic carbocycles. The number of rotatable bonds is 4. The average molecular weight is 308 g/mol. The molecule has 0 aliphatic heterocycles. The van der Waals surface area contributed by atoms with Crippen LogP contribution in [0.3, 0.4) is 0 Å². The zero-order chi connectivity index (χ0) is 16.4. The van der Waals surface area contributed by atoms with E-state index >= 15 is 0 Å². The Labute approximate surface area is 135 Å². The van der Waals surface area contributed by atoms with E-state index in [1.165, 1.54) is 16.0 Å². The van der Waals surface area contributed by atoms with Crippen molar-refractivity contribution in [2.45, 2.75) is 26.4 Å². The molecule has 0 amide bonds. The maximum atomic E-state index is 12.2. The van der Waals surface area contributed by atoms with Gasteiger partial charge in [-0.1, -0.05) is 36.4 Å². The lowest BCUT2D eigenvalue weighted by Crippen LogP contribution is -3.07. The van der Waals surface area contributed by atoms with E-state index in [9.17, 15) is 4.79 Å². The van der Waals surface area contributed by atoms with E-state index < -0.39 is 0 Å². The van der Waals surface area contributed by atoms with E-state index in [-0.39, 0.29) is 11.6 Å². The number of nitrogens with one attached hydrogen (secondary N) is 2. The maximum Gasteiger partial charge on any atom is 0.258 e. The minimum absolute atomic E-state index is 0.0684. The second-order valence-corrected chi connectivity index (χ2v) is 6.14. The maximum absolute atomic E-state index is 12.2. The first-order valence-corrected chi connectivity index (χ1v) is 7.92. The first-order chi connectivity index (χ1) is 11.1. The number of H-pyrrole nitrogens is 1. The second kappa shape index (κ2) is 6.34. The van der Waals surface area contributed by atoms with Gasteiger partial charge >= 0.3 is 0 Å². The number of aryl methyl sites for hydroxylation is 1. The topological polar surface area (TPSA) is 50.2 Å². The summed E-state index contributed by atoms with van der Waals surface area (Å²) >= 11 is 0. The summed E-state index contributed by atoms with van der Waals surface area (Å²) in [6.45, 7) is 5.12. The number of fused-ring (bicyclic) bond motifs is 1. The van der Waals surface area contributed by atoms with E-state index in [1.807, 2.05) is 18.2 Å². The smallest absolute Gasteiger partial charge is 0.258 e. The molecule has 0 spiro atoms. The van der Waals surface area contributed by atoms with Gasteiger partial charge in [-0.2, -0.15) is 0 Å². The molecule has 3 aromatic rings. The quantitative estimate of drug-likeness (QED) is 0.774. The number of aromatic nitrogens is 2. The van der Waals surface area contributed by atoms with Crippen LogP contribution >= 0.6 is 0 Å². The van der Waals surface area contributed by atoms with E-state index in [2.05, 4.69) is 55.1 Å². The molecule has 2 N–H and O–H groups in total. The molecule has 4 nitrogen and oxygen atoms in total. The Bertz CT molecular complexity index is 885. The fourth-order valence-corrected chi connectivity index (χ4v) is 2.80. The van der Waals surface area contributed by atoms with Crippen molar-refractivity contribution in [1.29, 1.82) is 0 Å². The monoisotopic (exact) mass is 308 g/mol. The number of benzene rings is 2. The van der Waals surface area contributed by atoms with E-state index in [4.69, 9.17) is 0 Å². The highest BCUT2D eigenvalue weighted by molar-refractivity contribution is 5.77. The highest BCUT2D eigenvalue weighted by atomic mass is 16.1. The predicted molar refractivity (Wildman–Crippen MR) is 92.5 cm³/mol. The lowest BCUT2D eigenvalue weighted by molar-refractivity contribution is -0.924. The highest BCUT2D eigenvalue weighted by Crippen LogP contribution is 2.10. The Morgan fingerprint density at radius 1 is 1.13 bits per heavy atom. The van der Waals surface area contributed by atoms with Gasteiger partial charge in [0, 0.05) is 5.56 Å². The standard InChI is InChI=1S/C19H21N3O/c1-13-8-4-5-9-15(13)12-22(3)14(2)18-20-17-11-7-6-10-16(17)19(23)21-18/h4-11,14H,12H2,1-3H3,(H,20,21,23)/p+1/t14-/m0/s1. The van der Waals surface area contributed by atoms with Crippen molar-refractivity contribution >= 4 is 10.9 Å². The summed E-state index contributed by atoms with van der Waals surface area (Å²) in [4.78, 5) is 21.1.